The highest BCUT2D eigenvalue weighted by Crippen LogP contribution is 2.24. The van der Waals surface area contributed by atoms with Crippen LogP contribution in [-0.4, -0.2) is 16.1 Å². The van der Waals surface area contributed by atoms with Crippen LogP contribution in [0.5, 0.6) is 5.75 Å². The molecule has 2 rings (SSSR count). The normalized spacial score (nSPS) is 11.6. The first-order valence-corrected chi connectivity index (χ1v) is 6.01. The highest BCUT2D eigenvalue weighted by Gasteiger charge is 2.30. The van der Waals surface area contributed by atoms with Gasteiger partial charge in [-0.25, -0.2) is 4.68 Å². The Morgan fingerprint density at radius 1 is 1.22 bits per heavy atom. The minimum atomic E-state index is -4.67. The fourth-order valence-corrected chi connectivity index (χ4v) is 2.15. The van der Waals surface area contributed by atoms with E-state index in [0.29, 0.717) is 5.69 Å². The monoisotopic (exact) mass is 368 g/mol. The summed E-state index contributed by atoms with van der Waals surface area (Å²) in [5.74, 6) is -0.245. The van der Waals surface area contributed by atoms with Gasteiger partial charge in [0.2, 0.25) is 0 Å². The van der Waals surface area contributed by atoms with Crippen LogP contribution >= 0.6 is 22.6 Å². The second-order valence-electron chi connectivity index (χ2n) is 3.56. The van der Waals surface area contributed by atoms with Crippen molar-refractivity contribution in [3.63, 3.8) is 0 Å². The number of halogens is 4. The van der Waals surface area contributed by atoms with Crippen molar-refractivity contribution in [3.8, 4) is 11.4 Å². The third kappa shape index (κ3) is 3.15. The first-order chi connectivity index (χ1) is 8.35. The van der Waals surface area contributed by atoms with Crippen LogP contribution in [0.3, 0.4) is 0 Å². The summed E-state index contributed by atoms with van der Waals surface area (Å²) < 4.78 is 42.2. The summed E-state index contributed by atoms with van der Waals surface area (Å²) in [6, 6.07) is 7.45. The fourth-order valence-electron chi connectivity index (χ4n) is 1.49. The van der Waals surface area contributed by atoms with E-state index >= 15 is 0 Å². The Hall–Kier alpha value is -1.25. The van der Waals surface area contributed by atoms with Crippen molar-refractivity contribution in [2.75, 3.05) is 0 Å². The van der Waals surface area contributed by atoms with Gasteiger partial charge in [-0.05, 0) is 59.8 Å². The number of hydrogen-bond acceptors (Lipinski definition) is 2. The molecule has 3 nitrogen and oxygen atoms in total. The Morgan fingerprint density at radius 2 is 1.83 bits per heavy atom. The van der Waals surface area contributed by atoms with Crippen molar-refractivity contribution in [2.45, 2.75) is 13.3 Å². The van der Waals surface area contributed by atoms with Crippen LogP contribution in [0.4, 0.5) is 13.2 Å². The van der Waals surface area contributed by atoms with Gasteiger partial charge >= 0.3 is 6.36 Å². The Balaban J connectivity index is 2.25. The quantitative estimate of drug-likeness (QED) is 0.757. The molecule has 0 aliphatic rings. The average molecular weight is 368 g/mol. The molecule has 0 fully saturated rings. The van der Waals surface area contributed by atoms with Gasteiger partial charge in [0.05, 0.1) is 5.69 Å². The number of aryl methyl sites for hydroxylation is 1. The van der Waals surface area contributed by atoms with Crippen LogP contribution in [-0.2, 0) is 0 Å². The molecule has 0 unspecified atom stereocenters. The Kier molecular flexibility index (Phi) is 3.51. The minimum absolute atomic E-state index is 0.245. The predicted octanol–water partition coefficient (Wildman–Crippen LogP) is 3.68. The standard InChI is InChI=1S/C11H8F3IN2O/c1-7-6-10(15)16-17(7)8-2-4-9(5-3-8)18-11(12,13)14/h2-6H,1H3. The summed E-state index contributed by atoms with van der Waals surface area (Å²) >= 11 is 2.07. The molecule has 0 amide bonds. The van der Waals surface area contributed by atoms with Crippen molar-refractivity contribution in [1.29, 1.82) is 0 Å². The van der Waals surface area contributed by atoms with Gasteiger partial charge in [-0.3, -0.25) is 0 Å². The first-order valence-electron chi connectivity index (χ1n) is 4.93. The zero-order valence-electron chi connectivity index (χ0n) is 9.20. The van der Waals surface area contributed by atoms with E-state index in [1.165, 1.54) is 24.3 Å². The SMILES string of the molecule is Cc1cc(I)nn1-c1ccc(OC(F)(F)F)cc1. The van der Waals surface area contributed by atoms with Gasteiger partial charge < -0.3 is 4.74 Å². The molecule has 18 heavy (non-hydrogen) atoms. The van der Waals surface area contributed by atoms with Gasteiger partial charge in [0.15, 0.2) is 0 Å². The molecule has 0 bridgehead atoms. The lowest BCUT2D eigenvalue weighted by Crippen LogP contribution is -2.17. The lowest BCUT2D eigenvalue weighted by Gasteiger charge is -2.09. The summed E-state index contributed by atoms with van der Waals surface area (Å²) in [7, 11) is 0. The molecule has 0 saturated carbocycles. The van der Waals surface area contributed by atoms with Gasteiger partial charge in [-0.2, -0.15) is 5.10 Å². The van der Waals surface area contributed by atoms with E-state index in [1.54, 1.807) is 4.68 Å². The third-order valence-corrected chi connectivity index (χ3v) is 2.70. The molecule has 1 aromatic carbocycles. The third-order valence-electron chi connectivity index (χ3n) is 2.17. The van der Waals surface area contributed by atoms with Crippen LogP contribution in [0.15, 0.2) is 30.3 Å². The molecule has 1 heterocycles. The molecular formula is C11H8F3IN2O. The van der Waals surface area contributed by atoms with Crippen molar-refractivity contribution >= 4 is 22.6 Å². The van der Waals surface area contributed by atoms with Crippen molar-refractivity contribution < 1.29 is 17.9 Å². The number of ether oxygens (including phenoxy) is 1. The molecule has 0 aliphatic heterocycles. The van der Waals surface area contributed by atoms with Crippen LogP contribution in [0.1, 0.15) is 5.69 Å². The lowest BCUT2D eigenvalue weighted by molar-refractivity contribution is -0.274. The summed E-state index contributed by atoms with van der Waals surface area (Å²) in [5, 5.41) is 4.23. The van der Waals surface area contributed by atoms with Crippen molar-refractivity contribution in [3.05, 3.63) is 39.7 Å². The second-order valence-corrected chi connectivity index (χ2v) is 4.67. The van der Waals surface area contributed by atoms with Gasteiger partial charge in [0, 0.05) is 5.69 Å². The molecule has 2 aromatic rings. The van der Waals surface area contributed by atoms with Crippen LogP contribution in [0.25, 0.3) is 5.69 Å². The number of benzene rings is 1. The van der Waals surface area contributed by atoms with E-state index in [2.05, 4.69) is 32.4 Å². The molecule has 0 saturated heterocycles. The van der Waals surface area contributed by atoms with E-state index in [1.807, 2.05) is 13.0 Å². The summed E-state index contributed by atoms with van der Waals surface area (Å²) in [6.45, 7) is 1.87. The Morgan fingerprint density at radius 3 is 2.28 bits per heavy atom. The molecule has 96 valence electrons. The number of rotatable bonds is 2. The largest absolute Gasteiger partial charge is 0.573 e. The molecular weight excluding hydrogens is 360 g/mol. The lowest BCUT2D eigenvalue weighted by atomic mass is 10.3. The van der Waals surface area contributed by atoms with E-state index in [0.717, 1.165) is 9.39 Å². The number of nitrogens with zero attached hydrogens (tertiary/aromatic N) is 2. The molecule has 0 radical (unpaired) electrons. The maximum Gasteiger partial charge on any atom is 0.573 e. The van der Waals surface area contributed by atoms with Gasteiger partial charge in [0.1, 0.15) is 9.45 Å². The van der Waals surface area contributed by atoms with E-state index in [9.17, 15) is 13.2 Å². The summed E-state index contributed by atoms with van der Waals surface area (Å²) in [4.78, 5) is 0. The molecule has 0 aliphatic carbocycles. The van der Waals surface area contributed by atoms with Crippen LogP contribution in [0, 0.1) is 10.6 Å². The summed E-state index contributed by atoms with van der Waals surface area (Å²) in [6.07, 6.45) is -4.67. The van der Waals surface area contributed by atoms with Crippen LogP contribution < -0.4 is 4.74 Å². The fraction of sp³-hybridized carbons (Fsp3) is 0.182. The van der Waals surface area contributed by atoms with Crippen molar-refractivity contribution in [1.82, 2.24) is 9.78 Å². The van der Waals surface area contributed by atoms with E-state index < -0.39 is 6.36 Å². The maximum atomic E-state index is 12.0. The number of aromatic nitrogens is 2. The molecule has 1 aromatic heterocycles. The highest BCUT2D eigenvalue weighted by atomic mass is 127. The van der Waals surface area contributed by atoms with Crippen LogP contribution in [0.2, 0.25) is 0 Å². The zero-order chi connectivity index (χ0) is 13.3. The molecule has 0 spiro atoms. The number of hydrogen-bond donors (Lipinski definition) is 0. The van der Waals surface area contributed by atoms with E-state index in [4.69, 9.17) is 0 Å². The molecule has 7 heteroatoms. The number of alkyl halides is 3. The van der Waals surface area contributed by atoms with E-state index in [-0.39, 0.29) is 5.75 Å². The predicted molar refractivity (Wildman–Crippen MR) is 67.7 cm³/mol. The maximum absolute atomic E-state index is 12.0. The summed E-state index contributed by atoms with van der Waals surface area (Å²) in [5.41, 5.74) is 1.59. The minimum Gasteiger partial charge on any atom is -0.406 e. The Bertz CT molecular complexity index is 548. The second kappa shape index (κ2) is 4.79. The molecule has 0 atom stereocenters. The van der Waals surface area contributed by atoms with Gasteiger partial charge in [0.25, 0.3) is 0 Å². The Labute approximate surface area is 115 Å². The van der Waals surface area contributed by atoms with Crippen molar-refractivity contribution in [2.24, 2.45) is 0 Å². The van der Waals surface area contributed by atoms with Gasteiger partial charge in [-0.1, -0.05) is 0 Å². The average Bonchev–Trinajstić information content (AvgIpc) is 2.57. The highest BCUT2D eigenvalue weighted by molar-refractivity contribution is 14.1. The molecule has 0 N–H and O–H groups in total. The van der Waals surface area contributed by atoms with Gasteiger partial charge in [-0.15, -0.1) is 13.2 Å². The smallest absolute Gasteiger partial charge is 0.406 e. The first kappa shape index (κ1) is 13.2. The topological polar surface area (TPSA) is 27.1 Å². The zero-order valence-corrected chi connectivity index (χ0v) is 11.4.